The molecule has 0 saturated carbocycles. The van der Waals surface area contributed by atoms with Crippen molar-refractivity contribution in [2.45, 2.75) is 0 Å². The zero-order valence-corrected chi connectivity index (χ0v) is 11.9. The van der Waals surface area contributed by atoms with E-state index in [1.54, 1.807) is 0 Å². The van der Waals surface area contributed by atoms with Crippen molar-refractivity contribution in [3.63, 3.8) is 0 Å². The molecule has 0 saturated heterocycles. The van der Waals surface area contributed by atoms with E-state index in [0.29, 0.717) is 4.77 Å². The highest BCUT2D eigenvalue weighted by Crippen LogP contribution is 2.30. The van der Waals surface area contributed by atoms with Gasteiger partial charge in [0.1, 0.15) is 0 Å². The lowest BCUT2D eigenvalue weighted by atomic mass is 10.1. The van der Waals surface area contributed by atoms with E-state index in [2.05, 4.69) is 34.7 Å². The highest BCUT2D eigenvalue weighted by molar-refractivity contribution is 7.71. The molecule has 0 bridgehead atoms. The number of aromatic nitrogens is 2. The quantitative estimate of drug-likeness (QED) is 0.710. The molecule has 0 spiro atoms. The van der Waals surface area contributed by atoms with Crippen molar-refractivity contribution >= 4 is 12.2 Å². The summed E-state index contributed by atoms with van der Waals surface area (Å²) in [5.41, 5.74) is 7.44. The Morgan fingerprint density at radius 3 is 2.00 bits per heavy atom. The van der Waals surface area contributed by atoms with Crippen LogP contribution in [-0.2, 0) is 0 Å². The molecule has 3 nitrogen and oxygen atoms in total. The number of benzene rings is 2. The van der Waals surface area contributed by atoms with E-state index in [1.165, 1.54) is 0 Å². The number of nitrogens with one attached hydrogen (secondary N) is 2. The molecule has 1 aromatic heterocycles. The second-order valence-corrected chi connectivity index (χ2v) is 4.83. The van der Waals surface area contributed by atoms with Gasteiger partial charge in [0.2, 0.25) is 0 Å². The average molecular weight is 281 g/mol. The molecule has 0 aliphatic rings. The Morgan fingerprint density at radius 1 is 0.900 bits per heavy atom. The Kier molecular flexibility index (Phi) is 3.39. The van der Waals surface area contributed by atoms with Crippen LogP contribution in [-0.4, -0.2) is 16.7 Å². The van der Waals surface area contributed by atoms with E-state index >= 15 is 0 Å². The van der Waals surface area contributed by atoms with Crippen LogP contribution >= 0.6 is 12.2 Å². The minimum Gasteiger partial charge on any atom is -0.329 e. The van der Waals surface area contributed by atoms with Gasteiger partial charge in [-0.25, -0.2) is 4.68 Å². The molecule has 0 radical (unpaired) electrons. The summed E-state index contributed by atoms with van der Waals surface area (Å²) in [5, 5.41) is 0. The molecular formula is C16H15N3S. The lowest BCUT2D eigenvalue weighted by molar-refractivity contribution is 0.913. The molecular weight excluding hydrogens is 266 g/mol. The highest BCUT2D eigenvalue weighted by atomic mass is 32.1. The highest BCUT2D eigenvalue weighted by Gasteiger charge is 2.14. The van der Waals surface area contributed by atoms with Gasteiger partial charge in [-0.05, 0) is 12.2 Å². The van der Waals surface area contributed by atoms with E-state index in [1.807, 2.05) is 48.1 Å². The van der Waals surface area contributed by atoms with Crippen molar-refractivity contribution in [1.82, 2.24) is 9.66 Å². The predicted molar refractivity (Wildman–Crippen MR) is 85.8 cm³/mol. The van der Waals surface area contributed by atoms with Crippen LogP contribution in [0.15, 0.2) is 60.7 Å². The smallest absolute Gasteiger partial charge is 0.197 e. The van der Waals surface area contributed by atoms with Gasteiger partial charge in [-0.2, -0.15) is 0 Å². The Morgan fingerprint density at radius 2 is 1.45 bits per heavy atom. The SMILES string of the molecule is CNn1c(-c2ccccc2)c(-c2ccccc2)[nH]c1=S. The summed E-state index contributed by atoms with van der Waals surface area (Å²) < 4.78 is 2.55. The average Bonchev–Trinajstić information content (AvgIpc) is 2.85. The van der Waals surface area contributed by atoms with Crippen molar-refractivity contribution in [2.75, 3.05) is 12.5 Å². The van der Waals surface area contributed by atoms with Crippen molar-refractivity contribution < 1.29 is 0 Å². The van der Waals surface area contributed by atoms with Crippen molar-refractivity contribution in [1.29, 1.82) is 0 Å². The summed E-state index contributed by atoms with van der Waals surface area (Å²) in [6.07, 6.45) is 0. The zero-order valence-electron chi connectivity index (χ0n) is 11.1. The van der Waals surface area contributed by atoms with Gasteiger partial charge in [0.15, 0.2) is 4.77 Å². The number of aromatic amines is 1. The lowest BCUT2D eigenvalue weighted by Crippen LogP contribution is -2.10. The minimum atomic E-state index is 0.658. The molecule has 2 aromatic carbocycles. The van der Waals surface area contributed by atoms with Crippen LogP contribution < -0.4 is 5.43 Å². The summed E-state index contributed by atoms with van der Waals surface area (Å²) in [7, 11) is 1.87. The van der Waals surface area contributed by atoms with Crippen molar-refractivity contribution in [3.8, 4) is 22.5 Å². The summed E-state index contributed by atoms with van der Waals surface area (Å²) in [6, 6.07) is 20.4. The number of rotatable bonds is 3. The fourth-order valence-electron chi connectivity index (χ4n) is 2.33. The molecule has 0 aliphatic carbocycles. The fraction of sp³-hybridized carbons (Fsp3) is 0.0625. The van der Waals surface area contributed by atoms with Gasteiger partial charge >= 0.3 is 0 Å². The van der Waals surface area contributed by atoms with Crippen molar-refractivity contribution in [3.05, 3.63) is 65.4 Å². The second kappa shape index (κ2) is 5.35. The molecule has 0 atom stereocenters. The maximum Gasteiger partial charge on any atom is 0.197 e. The van der Waals surface area contributed by atoms with E-state index in [4.69, 9.17) is 12.2 Å². The van der Waals surface area contributed by atoms with Gasteiger partial charge in [-0.1, -0.05) is 60.7 Å². The maximum atomic E-state index is 5.40. The molecule has 0 amide bonds. The Balaban J connectivity index is 2.29. The number of imidazole rings is 1. The van der Waals surface area contributed by atoms with E-state index in [-0.39, 0.29) is 0 Å². The summed E-state index contributed by atoms with van der Waals surface area (Å²) in [6.45, 7) is 0. The molecule has 0 aliphatic heterocycles. The van der Waals surface area contributed by atoms with E-state index in [9.17, 15) is 0 Å². The Labute approximate surface area is 122 Å². The second-order valence-electron chi connectivity index (χ2n) is 4.44. The third-order valence-corrected chi connectivity index (χ3v) is 3.51. The molecule has 2 N–H and O–H groups in total. The molecule has 1 heterocycles. The first-order valence-corrected chi connectivity index (χ1v) is 6.85. The molecule has 3 aromatic rings. The maximum absolute atomic E-state index is 5.40. The number of hydrogen-bond donors (Lipinski definition) is 2. The standard InChI is InChI=1S/C16H15N3S/c1-17-19-15(13-10-6-3-7-11-13)14(18-16(19)20)12-8-4-2-5-9-12/h2-11,17H,1H3,(H,18,20). The number of hydrogen-bond acceptors (Lipinski definition) is 2. The molecule has 100 valence electrons. The van der Waals surface area contributed by atoms with Crippen LogP contribution in [0.2, 0.25) is 0 Å². The Bertz CT molecular complexity index is 757. The molecule has 20 heavy (non-hydrogen) atoms. The largest absolute Gasteiger partial charge is 0.329 e. The van der Waals surface area contributed by atoms with Crippen LogP contribution in [0.1, 0.15) is 0 Å². The predicted octanol–water partition coefficient (Wildman–Crippen LogP) is 4.05. The van der Waals surface area contributed by atoms with Gasteiger partial charge in [-0.3, -0.25) is 0 Å². The normalized spacial score (nSPS) is 10.4. The van der Waals surface area contributed by atoms with Crippen LogP contribution in [0.4, 0.5) is 0 Å². The summed E-state index contributed by atoms with van der Waals surface area (Å²) in [5.74, 6) is 0. The first kappa shape index (κ1) is 12.7. The van der Waals surface area contributed by atoms with Gasteiger partial charge in [0.05, 0.1) is 11.4 Å². The lowest BCUT2D eigenvalue weighted by Gasteiger charge is -2.09. The van der Waals surface area contributed by atoms with Crippen molar-refractivity contribution in [2.24, 2.45) is 0 Å². The van der Waals surface area contributed by atoms with Crippen LogP contribution in [0.25, 0.3) is 22.5 Å². The fourth-order valence-corrected chi connectivity index (χ4v) is 2.62. The third kappa shape index (κ3) is 2.14. The summed E-state index contributed by atoms with van der Waals surface area (Å²) in [4.78, 5) is 3.29. The molecule has 3 rings (SSSR count). The zero-order chi connectivity index (χ0) is 13.9. The van der Waals surface area contributed by atoms with Crippen LogP contribution in [0.3, 0.4) is 0 Å². The van der Waals surface area contributed by atoms with Gasteiger partial charge in [0.25, 0.3) is 0 Å². The summed E-state index contributed by atoms with van der Waals surface area (Å²) >= 11 is 5.40. The molecule has 0 unspecified atom stereocenters. The molecule has 0 fully saturated rings. The first-order valence-electron chi connectivity index (χ1n) is 6.45. The van der Waals surface area contributed by atoms with Gasteiger partial charge in [-0.15, -0.1) is 0 Å². The minimum absolute atomic E-state index is 0.658. The van der Waals surface area contributed by atoms with Crippen LogP contribution in [0.5, 0.6) is 0 Å². The van der Waals surface area contributed by atoms with Crippen LogP contribution in [0, 0.1) is 4.77 Å². The van der Waals surface area contributed by atoms with E-state index in [0.717, 1.165) is 22.5 Å². The number of H-pyrrole nitrogens is 1. The van der Waals surface area contributed by atoms with Gasteiger partial charge in [0, 0.05) is 18.2 Å². The van der Waals surface area contributed by atoms with Gasteiger partial charge < -0.3 is 10.4 Å². The number of nitrogens with zero attached hydrogens (tertiary/aromatic N) is 1. The first-order chi connectivity index (χ1) is 9.81. The van der Waals surface area contributed by atoms with E-state index < -0.39 is 0 Å². The third-order valence-electron chi connectivity index (χ3n) is 3.23. The topological polar surface area (TPSA) is 32.8 Å². The Hall–Kier alpha value is -2.33. The molecule has 4 heteroatoms. The monoisotopic (exact) mass is 281 g/mol.